The maximum Gasteiger partial charge on any atom is 1.00 e. The van der Waals surface area contributed by atoms with Gasteiger partial charge in [0.15, 0.2) is 0 Å². The molecule has 0 aliphatic rings. The minimum absolute atomic E-state index is 0. The zero-order valence-corrected chi connectivity index (χ0v) is 17.1. The molecule has 3 aromatic rings. The summed E-state index contributed by atoms with van der Waals surface area (Å²) in [4.78, 5) is 4.74. The Kier molecular flexibility index (Phi) is 7.33. The summed E-state index contributed by atoms with van der Waals surface area (Å²) in [6, 6.07) is 17.8. The van der Waals surface area contributed by atoms with Gasteiger partial charge < -0.3 is 4.98 Å². The van der Waals surface area contributed by atoms with Crippen molar-refractivity contribution < 1.29 is 37.7 Å². The van der Waals surface area contributed by atoms with Crippen LogP contribution >= 0.6 is 0 Å². The average Bonchev–Trinajstić information content (AvgIpc) is 2.88. The van der Waals surface area contributed by atoms with Crippen molar-refractivity contribution in [1.29, 1.82) is 0 Å². The van der Waals surface area contributed by atoms with Crippen molar-refractivity contribution in [3.63, 3.8) is 0 Å². The third-order valence-electron chi connectivity index (χ3n) is 4.81. The molecule has 0 aliphatic carbocycles. The fourth-order valence-electron chi connectivity index (χ4n) is 3.04. The van der Waals surface area contributed by atoms with Gasteiger partial charge >= 0.3 is 37.7 Å². The van der Waals surface area contributed by atoms with Gasteiger partial charge in [-0.25, -0.2) is 0 Å². The van der Waals surface area contributed by atoms with E-state index in [0.717, 1.165) is 0 Å². The van der Waals surface area contributed by atoms with E-state index in [9.17, 15) is 0 Å². The Balaban J connectivity index is 0.00000144. The van der Waals surface area contributed by atoms with Gasteiger partial charge in [-0.2, -0.15) is 12.2 Å². The van der Waals surface area contributed by atoms with Crippen LogP contribution in [0.15, 0.2) is 48.5 Å². The first-order valence-electron chi connectivity index (χ1n) is 7.81. The van der Waals surface area contributed by atoms with E-state index in [1.807, 2.05) is 7.05 Å². The molecule has 0 fully saturated rings. The minimum atomic E-state index is -1.75. The monoisotopic (exact) mass is 319 g/mol. The number of rotatable bonds is 3. The Labute approximate surface area is 171 Å². The quantitative estimate of drug-likeness (QED) is 0.446. The van der Waals surface area contributed by atoms with Crippen LogP contribution in [0.4, 0.5) is 0 Å². The summed E-state index contributed by atoms with van der Waals surface area (Å²) in [5.74, 6) is 0. The molecule has 4 heteroatoms. The van der Waals surface area contributed by atoms with E-state index in [-0.39, 0.29) is 37.7 Å². The molecule has 0 spiro atoms. The molecule has 0 aliphatic heterocycles. The van der Waals surface area contributed by atoms with E-state index < -0.39 is 8.24 Å². The van der Waals surface area contributed by atoms with E-state index in [2.05, 4.69) is 75.5 Å². The molecule has 1 nitrogen and oxygen atoms in total. The fourth-order valence-corrected chi connectivity index (χ4v) is 4.65. The molecule has 0 amide bonds. The largest absolute Gasteiger partial charge is 1.00 e. The Morgan fingerprint density at radius 3 is 2.08 bits per heavy atom. The molecule has 0 aromatic heterocycles. The van der Waals surface area contributed by atoms with Crippen LogP contribution in [0.25, 0.3) is 26.9 Å². The molecular weight excluding hydrogens is 296 g/mol. The summed E-state index contributed by atoms with van der Waals surface area (Å²) in [5.41, 5.74) is 5.36. The molecule has 0 saturated carbocycles. The molecule has 3 aromatic carbocycles. The first kappa shape index (κ1) is 21.5. The van der Waals surface area contributed by atoms with Crippen LogP contribution in [-0.4, -0.2) is 15.3 Å². The molecule has 0 atom stereocenters. The van der Waals surface area contributed by atoms with Crippen LogP contribution in [0.1, 0.15) is 11.1 Å². The van der Waals surface area contributed by atoms with Crippen molar-refractivity contribution in [2.24, 2.45) is 0 Å². The van der Waals surface area contributed by atoms with E-state index >= 15 is 0 Å². The number of benzene rings is 2. The second kappa shape index (κ2) is 8.20. The molecule has 24 heavy (non-hydrogen) atoms. The second-order valence-corrected chi connectivity index (χ2v) is 10.7. The number of aryl methyl sites for hydroxylation is 2. The third kappa shape index (κ3) is 3.81. The summed E-state index contributed by atoms with van der Waals surface area (Å²) in [6.07, 6.45) is 0. The number of fused-ring (bicyclic) bond motifs is 1. The number of nitrogens with zero attached hydrogens (tertiary/aromatic N) is 1. The van der Waals surface area contributed by atoms with E-state index in [0.29, 0.717) is 0 Å². The van der Waals surface area contributed by atoms with Crippen LogP contribution < -0.4 is 42.9 Å². The topological polar surface area (TPSA) is 14.1 Å². The summed E-state index contributed by atoms with van der Waals surface area (Å²) in [7, 11) is 0.221. The van der Waals surface area contributed by atoms with Crippen molar-refractivity contribution in [3.8, 4) is 11.1 Å². The van der Waals surface area contributed by atoms with Crippen molar-refractivity contribution in [1.82, 2.24) is 0 Å². The van der Waals surface area contributed by atoms with Gasteiger partial charge in [-0.1, -0.05) is 68.4 Å². The van der Waals surface area contributed by atoms with Gasteiger partial charge in [-0.15, -0.1) is 34.5 Å². The van der Waals surface area contributed by atoms with Crippen molar-refractivity contribution in [3.05, 3.63) is 64.6 Å². The zero-order chi connectivity index (χ0) is 15.9. The van der Waals surface area contributed by atoms with Gasteiger partial charge in [-0.05, 0) is 13.8 Å². The van der Waals surface area contributed by atoms with E-state index in [1.54, 1.807) is 0 Å². The van der Waals surface area contributed by atoms with Gasteiger partial charge in [0.2, 0.25) is 0 Å². The van der Waals surface area contributed by atoms with Crippen LogP contribution in [0.5, 0.6) is 0 Å². The summed E-state index contributed by atoms with van der Waals surface area (Å²) < 4.78 is 0. The predicted octanol–water partition coefficient (Wildman–Crippen LogP) is -0.734. The van der Waals surface area contributed by atoms with E-state index in [1.165, 1.54) is 38.2 Å². The van der Waals surface area contributed by atoms with Gasteiger partial charge in [0, 0.05) is 0 Å². The first-order chi connectivity index (χ1) is 10.4. The minimum Gasteiger partial charge on any atom is -0.671 e. The Morgan fingerprint density at radius 2 is 1.50 bits per heavy atom. The van der Waals surface area contributed by atoms with Crippen LogP contribution in [0.3, 0.4) is 0 Å². The smallest absolute Gasteiger partial charge is 0.671 e. The molecule has 0 radical (unpaired) electrons. The predicted molar refractivity (Wildman–Crippen MR) is 101 cm³/mol. The Hall–Kier alpha value is -0.578. The summed E-state index contributed by atoms with van der Waals surface area (Å²) in [6.45, 7) is 9.05. The molecule has 0 heterocycles. The average molecular weight is 319 g/mol. The normalized spacial score (nSPS) is 11.0. The maximum absolute atomic E-state index is 4.74. The zero-order valence-electron chi connectivity index (χ0n) is 16.1. The maximum atomic E-state index is 4.74. The van der Waals surface area contributed by atoms with Gasteiger partial charge in [-0.3, -0.25) is 0 Å². The second-order valence-electron chi connectivity index (χ2n) is 6.60. The first-order valence-corrected chi connectivity index (χ1v) is 10.8. The van der Waals surface area contributed by atoms with Gasteiger partial charge in [0.1, 0.15) is 0 Å². The van der Waals surface area contributed by atoms with Crippen molar-refractivity contribution in [2.75, 3.05) is 7.05 Å². The summed E-state index contributed by atoms with van der Waals surface area (Å²) in [5, 5.41) is 4.21. The van der Waals surface area contributed by atoms with E-state index in [4.69, 9.17) is 4.98 Å². The Bertz CT molecular complexity index is 823. The number of hydrogen-bond acceptors (Lipinski definition) is 0. The van der Waals surface area contributed by atoms with Gasteiger partial charge in [0.05, 0.1) is 0 Å². The van der Waals surface area contributed by atoms with Crippen LogP contribution in [0, 0.1) is 13.8 Å². The third-order valence-corrected chi connectivity index (χ3v) is 7.66. The van der Waals surface area contributed by atoms with Crippen molar-refractivity contribution in [2.45, 2.75) is 26.9 Å². The fraction of sp³-hybridized carbons (Fsp3) is 0.250. The SMILES string of the molecule is C[N-][Si](C)(C)[c-]1cc(-c2ccccc2)c2cc(C)c(C)cc21.[Li+].[Li+]. The van der Waals surface area contributed by atoms with Crippen LogP contribution in [-0.2, 0) is 0 Å². The molecule has 0 bridgehead atoms. The van der Waals surface area contributed by atoms with Crippen molar-refractivity contribution >= 4 is 24.2 Å². The molecule has 3 rings (SSSR count). The standard InChI is InChI=1S/C20H23NSi.2Li/c1-14-11-18-17(16-9-7-6-8-10-16)13-20(22(4,5)21-3)19(18)12-15(14)2;;/h6-13H,1-5H3;;/q-2;2*+1. The summed E-state index contributed by atoms with van der Waals surface area (Å²) >= 11 is 0. The molecule has 114 valence electrons. The number of hydrogen-bond donors (Lipinski definition) is 0. The molecular formula is C20H23Li2NSi. The Morgan fingerprint density at radius 1 is 0.917 bits per heavy atom. The molecule has 0 saturated heterocycles. The molecule has 0 unspecified atom stereocenters. The van der Waals surface area contributed by atoms with Crippen LogP contribution in [0.2, 0.25) is 13.1 Å². The van der Waals surface area contributed by atoms with Gasteiger partial charge in [0.25, 0.3) is 0 Å². The molecule has 0 N–H and O–H groups in total.